The van der Waals surface area contributed by atoms with Crippen LogP contribution in [0.5, 0.6) is 0 Å². The minimum Gasteiger partial charge on any atom is -0.312 e. The number of nitrogens with zero attached hydrogens (tertiary/aromatic N) is 1. The molecule has 2 heterocycles. The number of aromatic nitrogens is 1. The van der Waals surface area contributed by atoms with E-state index in [2.05, 4.69) is 34.6 Å². The molecule has 2 unspecified atom stereocenters. The first-order chi connectivity index (χ1) is 9.29. The van der Waals surface area contributed by atoms with E-state index >= 15 is 0 Å². The van der Waals surface area contributed by atoms with Gasteiger partial charge in [-0.05, 0) is 31.2 Å². The number of thioether (sulfide) groups is 1. The van der Waals surface area contributed by atoms with Gasteiger partial charge < -0.3 is 5.32 Å². The summed E-state index contributed by atoms with van der Waals surface area (Å²) in [7, 11) is 1.88. The van der Waals surface area contributed by atoms with Crippen molar-refractivity contribution in [2.75, 3.05) is 7.05 Å². The molecule has 0 spiro atoms. The normalized spacial score (nSPS) is 19.2. The SMILES string of the molecule is CNC(c1ccncc1F)C1Cc2ccccc2S1. The zero-order chi connectivity index (χ0) is 13.2. The highest BCUT2D eigenvalue weighted by Crippen LogP contribution is 2.42. The van der Waals surface area contributed by atoms with Gasteiger partial charge in [-0.3, -0.25) is 4.98 Å². The summed E-state index contributed by atoms with van der Waals surface area (Å²) in [6, 6.07) is 10.2. The Labute approximate surface area is 116 Å². The molecule has 0 saturated carbocycles. The van der Waals surface area contributed by atoms with Gasteiger partial charge in [0.1, 0.15) is 5.82 Å². The summed E-state index contributed by atoms with van der Waals surface area (Å²) in [5.41, 5.74) is 2.05. The molecule has 2 nitrogen and oxygen atoms in total. The largest absolute Gasteiger partial charge is 0.312 e. The van der Waals surface area contributed by atoms with E-state index in [1.807, 2.05) is 18.8 Å². The van der Waals surface area contributed by atoms with E-state index in [9.17, 15) is 4.39 Å². The maximum Gasteiger partial charge on any atom is 0.146 e. The van der Waals surface area contributed by atoms with Crippen molar-refractivity contribution >= 4 is 11.8 Å². The Morgan fingerprint density at radius 1 is 1.37 bits per heavy atom. The molecule has 4 heteroatoms. The average Bonchev–Trinajstić information content (AvgIpc) is 2.85. The minimum atomic E-state index is -0.238. The third kappa shape index (κ3) is 2.38. The van der Waals surface area contributed by atoms with Gasteiger partial charge in [0, 0.05) is 27.9 Å². The maximum absolute atomic E-state index is 13.9. The Kier molecular flexibility index (Phi) is 3.53. The highest BCUT2D eigenvalue weighted by atomic mass is 32.2. The highest BCUT2D eigenvalue weighted by molar-refractivity contribution is 8.00. The number of hydrogen-bond donors (Lipinski definition) is 1. The van der Waals surface area contributed by atoms with E-state index in [0.717, 1.165) is 6.42 Å². The van der Waals surface area contributed by atoms with Gasteiger partial charge in [0.15, 0.2) is 0 Å². The Morgan fingerprint density at radius 3 is 2.95 bits per heavy atom. The van der Waals surface area contributed by atoms with Crippen molar-refractivity contribution in [2.45, 2.75) is 22.6 Å². The number of nitrogens with one attached hydrogen (secondary N) is 1. The van der Waals surface area contributed by atoms with Crippen molar-refractivity contribution in [3.05, 3.63) is 59.7 Å². The Balaban J connectivity index is 1.88. The van der Waals surface area contributed by atoms with Crippen LogP contribution in [-0.4, -0.2) is 17.3 Å². The van der Waals surface area contributed by atoms with Gasteiger partial charge in [-0.15, -0.1) is 11.8 Å². The van der Waals surface area contributed by atoms with Crippen LogP contribution in [-0.2, 0) is 6.42 Å². The fourth-order valence-corrected chi connectivity index (χ4v) is 4.04. The van der Waals surface area contributed by atoms with Gasteiger partial charge >= 0.3 is 0 Å². The first-order valence-corrected chi connectivity index (χ1v) is 7.19. The number of halogens is 1. The summed E-state index contributed by atoms with van der Waals surface area (Å²) in [6.45, 7) is 0. The molecule has 0 amide bonds. The maximum atomic E-state index is 13.9. The zero-order valence-corrected chi connectivity index (χ0v) is 11.5. The third-order valence-corrected chi connectivity index (χ3v) is 4.89. The molecule has 1 aromatic heterocycles. The van der Waals surface area contributed by atoms with Crippen LogP contribution in [0.4, 0.5) is 4.39 Å². The number of hydrogen-bond acceptors (Lipinski definition) is 3. The van der Waals surface area contributed by atoms with Crippen LogP contribution in [0, 0.1) is 5.82 Å². The summed E-state index contributed by atoms with van der Waals surface area (Å²) in [4.78, 5) is 5.13. The molecule has 0 radical (unpaired) electrons. The summed E-state index contributed by atoms with van der Waals surface area (Å²) >= 11 is 1.82. The van der Waals surface area contributed by atoms with E-state index in [4.69, 9.17) is 0 Å². The van der Waals surface area contributed by atoms with E-state index in [-0.39, 0.29) is 11.9 Å². The number of benzene rings is 1. The molecule has 1 aromatic carbocycles. The van der Waals surface area contributed by atoms with Crippen LogP contribution in [0.1, 0.15) is 17.2 Å². The predicted octanol–water partition coefficient (Wildman–Crippen LogP) is 3.20. The van der Waals surface area contributed by atoms with Gasteiger partial charge in [0.25, 0.3) is 0 Å². The minimum absolute atomic E-state index is 0.000370. The molecule has 1 N–H and O–H groups in total. The third-order valence-electron chi connectivity index (χ3n) is 3.49. The van der Waals surface area contributed by atoms with Gasteiger partial charge in [0.05, 0.1) is 6.20 Å². The molecular weight excluding hydrogens is 259 g/mol. The summed E-state index contributed by atoms with van der Waals surface area (Å²) in [5, 5.41) is 3.57. The van der Waals surface area contributed by atoms with Crippen molar-refractivity contribution in [1.82, 2.24) is 10.3 Å². The van der Waals surface area contributed by atoms with E-state index < -0.39 is 0 Å². The molecule has 0 saturated heterocycles. The average molecular weight is 274 g/mol. The summed E-state index contributed by atoms with van der Waals surface area (Å²) < 4.78 is 13.9. The molecule has 1 aliphatic rings. The molecule has 2 aromatic rings. The van der Waals surface area contributed by atoms with E-state index in [1.165, 1.54) is 16.7 Å². The molecule has 3 rings (SSSR count). The molecule has 0 bridgehead atoms. The van der Waals surface area contributed by atoms with Gasteiger partial charge in [-0.25, -0.2) is 4.39 Å². The fourth-order valence-electron chi connectivity index (χ4n) is 2.57. The number of pyridine rings is 1. The smallest absolute Gasteiger partial charge is 0.146 e. The second kappa shape index (κ2) is 5.31. The number of rotatable bonds is 3. The molecule has 98 valence electrons. The predicted molar refractivity (Wildman–Crippen MR) is 75.8 cm³/mol. The molecule has 2 atom stereocenters. The van der Waals surface area contributed by atoms with Gasteiger partial charge in [-0.1, -0.05) is 18.2 Å². The molecule has 1 aliphatic heterocycles. The Hall–Kier alpha value is -1.39. The Bertz CT molecular complexity index is 563. The lowest BCUT2D eigenvalue weighted by molar-refractivity contribution is 0.518. The van der Waals surface area contributed by atoms with Crippen molar-refractivity contribution in [2.24, 2.45) is 0 Å². The standard InChI is InChI=1S/C15H15FN2S/c1-17-15(11-6-7-18-9-12(11)16)14-8-10-4-2-3-5-13(10)19-14/h2-7,9,14-15,17H,8H2,1H3. The zero-order valence-electron chi connectivity index (χ0n) is 10.6. The number of fused-ring (bicyclic) bond motifs is 1. The van der Waals surface area contributed by atoms with Crippen LogP contribution < -0.4 is 5.32 Å². The van der Waals surface area contributed by atoms with Gasteiger partial charge in [-0.2, -0.15) is 0 Å². The van der Waals surface area contributed by atoms with Crippen LogP contribution in [0.3, 0.4) is 0 Å². The second-order valence-electron chi connectivity index (χ2n) is 4.63. The van der Waals surface area contributed by atoms with Crippen molar-refractivity contribution in [3.63, 3.8) is 0 Å². The van der Waals surface area contributed by atoms with Crippen LogP contribution in [0.25, 0.3) is 0 Å². The van der Waals surface area contributed by atoms with E-state index in [0.29, 0.717) is 10.8 Å². The van der Waals surface area contributed by atoms with Crippen molar-refractivity contribution in [1.29, 1.82) is 0 Å². The molecule has 19 heavy (non-hydrogen) atoms. The van der Waals surface area contributed by atoms with Crippen molar-refractivity contribution in [3.8, 4) is 0 Å². The topological polar surface area (TPSA) is 24.9 Å². The lowest BCUT2D eigenvalue weighted by Crippen LogP contribution is -2.28. The first-order valence-electron chi connectivity index (χ1n) is 6.31. The molecule has 0 fully saturated rings. The quantitative estimate of drug-likeness (QED) is 0.930. The van der Waals surface area contributed by atoms with Gasteiger partial charge in [0.2, 0.25) is 0 Å². The molecule has 0 aliphatic carbocycles. The monoisotopic (exact) mass is 274 g/mol. The van der Waals surface area contributed by atoms with Crippen LogP contribution >= 0.6 is 11.8 Å². The summed E-state index contributed by atoms with van der Waals surface area (Å²) in [5.74, 6) is -0.238. The molecular formula is C15H15FN2S. The Morgan fingerprint density at radius 2 is 2.21 bits per heavy atom. The lowest BCUT2D eigenvalue weighted by atomic mass is 9.99. The fraction of sp³-hybridized carbons (Fsp3) is 0.267. The van der Waals surface area contributed by atoms with Crippen LogP contribution in [0.2, 0.25) is 0 Å². The highest BCUT2D eigenvalue weighted by Gasteiger charge is 2.30. The van der Waals surface area contributed by atoms with Crippen LogP contribution in [0.15, 0.2) is 47.6 Å². The van der Waals surface area contributed by atoms with E-state index in [1.54, 1.807) is 12.3 Å². The second-order valence-corrected chi connectivity index (χ2v) is 5.91. The lowest BCUT2D eigenvalue weighted by Gasteiger charge is -2.23. The summed E-state index contributed by atoms with van der Waals surface area (Å²) in [6.07, 6.45) is 3.90. The first kappa shape index (κ1) is 12.6. The van der Waals surface area contributed by atoms with Crippen molar-refractivity contribution < 1.29 is 4.39 Å².